The molecule has 0 aliphatic carbocycles. The number of H-pyrrole nitrogens is 2. The van der Waals surface area contributed by atoms with Crippen LogP contribution in [0.5, 0.6) is 0 Å². The molecule has 46 heavy (non-hydrogen) atoms. The summed E-state index contributed by atoms with van der Waals surface area (Å²) in [5.41, 5.74) is 4.51. The van der Waals surface area contributed by atoms with Gasteiger partial charge in [0.25, 0.3) is 11.1 Å². The molecular formula is C21H25N9O12P2S2. The number of imidazole rings is 2. The molecule has 3 saturated heterocycles. The number of rotatable bonds is 2. The molecule has 7 rings (SSSR count). The van der Waals surface area contributed by atoms with Crippen LogP contribution in [0.4, 0.5) is 5.95 Å². The number of nitrogens with two attached hydrogens (primary N) is 1. The predicted octanol–water partition coefficient (Wildman–Crippen LogP) is -2.09. The van der Waals surface area contributed by atoms with E-state index in [1.165, 1.54) is 21.8 Å². The summed E-state index contributed by atoms with van der Waals surface area (Å²) < 4.78 is 37.0. The number of hydrogen-bond acceptors (Lipinski definition) is 17. The molecule has 8 N–H and O–H groups in total. The second-order valence-corrected chi connectivity index (χ2v) is 16.1. The molecule has 3 aliphatic rings. The third-order valence-electron chi connectivity index (χ3n) is 7.48. The summed E-state index contributed by atoms with van der Waals surface area (Å²) >= 11 is 10.4. The first kappa shape index (κ1) is 32.0. The second-order valence-electron chi connectivity index (χ2n) is 10.5. The number of nitrogens with zero attached hydrogens (tertiary/aromatic N) is 6. The van der Waals surface area contributed by atoms with E-state index in [1.54, 1.807) is 6.92 Å². The average molecular weight is 722 g/mol. The van der Waals surface area contributed by atoms with Gasteiger partial charge in [-0.15, -0.1) is 0 Å². The lowest BCUT2D eigenvalue weighted by atomic mass is 10.1. The molecule has 3 aliphatic heterocycles. The van der Waals surface area contributed by atoms with E-state index in [0.717, 1.165) is 0 Å². The van der Waals surface area contributed by atoms with Gasteiger partial charge in [-0.25, -0.2) is 15.0 Å². The predicted molar refractivity (Wildman–Crippen MR) is 160 cm³/mol. The minimum atomic E-state index is -4.20. The van der Waals surface area contributed by atoms with Crippen molar-refractivity contribution < 1.29 is 47.6 Å². The van der Waals surface area contributed by atoms with Crippen molar-refractivity contribution in [2.24, 2.45) is 0 Å². The molecule has 0 radical (unpaired) electrons. The number of aryl methyl sites for hydroxylation is 1. The van der Waals surface area contributed by atoms with Crippen LogP contribution in [0.3, 0.4) is 0 Å². The smallest absolute Gasteiger partial charge is 0.325 e. The molecule has 0 bridgehead atoms. The van der Waals surface area contributed by atoms with Crippen LogP contribution in [0.1, 0.15) is 18.3 Å². The maximum absolute atomic E-state index is 12.3. The summed E-state index contributed by atoms with van der Waals surface area (Å²) in [4.78, 5) is 67.9. The quantitative estimate of drug-likeness (QED) is 0.109. The second kappa shape index (κ2) is 11.5. The van der Waals surface area contributed by atoms with Gasteiger partial charge in [0, 0.05) is 0 Å². The number of aliphatic hydroxyl groups is 2. The number of anilines is 1. The normalized spacial score (nSPS) is 37.2. The molecular weight excluding hydrogens is 696 g/mol. The van der Waals surface area contributed by atoms with Crippen molar-refractivity contribution in [3.63, 3.8) is 0 Å². The van der Waals surface area contributed by atoms with Gasteiger partial charge in [0.05, 0.1) is 25.9 Å². The Morgan fingerprint density at radius 2 is 1.30 bits per heavy atom. The first-order chi connectivity index (χ1) is 21.7. The van der Waals surface area contributed by atoms with Crippen LogP contribution < -0.4 is 16.9 Å². The fourth-order valence-electron chi connectivity index (χ4n) is 5.48. The average Bonchev–Trinajstić information content (AvgIpc) is 3.72. The van der Waals surface area contributed by atoms with E-state index in [1.807, 2.05) is 0 Å². The topological polar surface area (TPSA) is 289 Å². The zero-order chi connectivity index (χ0) is 32.7. The molecule has 10 atom stereocenters. The Kier molecular flexibility index (Phi) is 8.01. The first-order valence-electron chi connectivity index (χ1n) is 13.4. The van der Waals surface area contributed by atoms with Gasteiger partial charge < -0.3 is 49.2 Å². The van der Waals surface area contributed by atoms with Crippen LogP contribution in [-0.2, 0) is 51.2 Å². The zero-order valence-corrected chi connectivity index (χ0v) is 26.6. The maximum atomic E-state index is 12.3. The Balaban J connectivity index is 1.18. The van der Waals surface area contributed by atoms with Crippen molar-refractivity contribution in [1.29, 1.82) is 0 Å². The molecule has 248 valence electrons. The third kappa shape index (κ3) is 5.65. The first-order valence-corrected chi connectivity index (χ1v) is 18.5. The van der Waals surface area contributed by atoms with Crippen molar-refractivity contribution in [3.05, 3.63) is 39.2 Å². The Morgan fingerprint density at radius 1 is 0.848 bits per heavy atom. The van der Waals surface area contributed by atoms with Gasteiger partial charge in [-0.3, -0.25) is 32.8 Å². The number of aromatic amines is 2. The highest BCUT2D eigenvalue weighted by molar-refractivity contribution is 8.07. The Labute approximate surface area is 265 Å². The molecule has 0 aromatic carbocycles. The SMILES string of the molecule is Cc1nc2c(ncn2[C@@H]2O[C@@H]3COP(O)(=S)O[C@H]4[C@@H](O)[C@H](n5cnc6c(=O)[nH]c(N)nc65)O[C@@H]4COP(O)(=S)O[C@H]3[C@H]2O)c(=O)[nH]1. The minimum Gasteiger partial charge on any atom is -0.386 e. The van der Waals surface area contributed by atoms with Crippen LogP contribution >= 0.6 is 13.4 Å². The van der Waals surface area contributed by atoms with E-state index in [-0.39, 0.29) is 34.1 Å². The summed E-state index contributed by atoms with van der Waals surface area (Å²) in [6.45, 7) is -7.93. The molecule has 0 spiro atoms. The van der Waals surface area contributed by atoms with Gasteiger partial charge in [-0.2, -0.15) is 4.98 Å². The van der Waals surface area contributed by atoms with E-state index in [4.69, 9.17) is 56.9 Å². The largest absolute Gasteiger partial charge is 0.386 e. The highest BCUT2D eigenvalue weighted by atomic mass is 32.5. The van der Waals surface area contributed by atoms with Crippen LogP contribution in [0.25, 0.3) is 22.3 Å². The number of aromatic nitrogens is 8. The fraction of sp³-hybridized carbons (Fsp3) is 0.524. The van der Waals surface area contributed by atoms with Crippen molar-refractivity contribution >= 4 is 65.3 Å². The Hall–Kier alpha value is -2.60. The molecule has 25 heteroatoms. The van der Waals surface area contributed by atoms with Crippen molar-refractivity contribution in [1.82, 2.24) is 39.0 Å². The maximum Gasteiger partial charge on any atom is 0.325 e. The zero-order valence-electron chi connectivity index (χ0n) is 23.2. The molecule has 7 heterocycles. The molecule has 21 nitrogen and oxygen atoms in total. The van der Waals surface area contributed by atoms with Crippen LogP contribution in [0.15, 0.2) is 22.2 Å². The molecule has 0 saturated carbocycles. The van der Waals surface area contributed by atoms with E-state index in [0.29, 0.717) is 0 Å². The van der Waals surface area contributed by atoms with Crippen LogP contribution in [-0.4, -0.2) is 109 Å². The van der Waals surface area contributed by atoms with E-state index >= 15 is 0 Å². The number of ether oxygens (including phenoxy) is 2. The molecule has 0 amide bonds. The highest BCUT2D eigenvalue weighted by Crippen LogP contribution is 2.54. The Bertz CT molecular complexity index is 1910. The molecule has 2 unspecified atom stereocenters. The number of fused-ring (bicyclic) bond motifs is 4. The number of nitrogen functional groups attached to an aromatic ring is 1. The lowest BCUT2D eigenvalue weighted by molar-refractivity contribution is -0.0593. The lowest BCUT2D eigenvalue weighted by Gasteiger charge is -2.30. The van der Waals surface area contributed by atoms with Gasteiger partial charge in [0.15, 0.2) is 34.8 Å². The monoisotopic (exact) mass is 721 g/mol. The summed E-state index contributed by atoms with van der Waals surface area (Å²) in [6.07, 6.45) is -8.58. The van der Waals surface area contributed by atoms with Gasteiger partial charge in [-0.05, 0) is 30.5 Å². The van der Waals surface area contributed by atoms with Gasteiger partial charge in [0.2, 0.25) is 5.95 Å². The van der Waals surface area contributed by atoms with Crippen molar-refractivity contribution in [2.75, 3.05) is 18.9 Å². The summed E-state index contributed by atoms with van der Waals surface area (Å²) in [6, 6.07) is 0. The summed E-state index contributed by atoms with van der Waals surface area (Å²) in [5, 5.41) is 22.6. The number of aliphatic hydroxyl groups excluding tert-OH is 2. The lowest BCUT2D eigenvalue weighted by Crippen LogP contribution is -2.39. The molecule has 3 fully saturated rings. The van der Waals surface area contributed by atoms with Crippen molar-refractivity contribution in [2.45, 2.75) is 56.0 Å². The highest BCUT2D eigenvalue weighted by Gasteiger charge is 2.52. The summed E-state index contributed by atoms with van der Waals surface area (Å²) in [5.74, 6) is 0.0660. The summed E-state index contributed by atoms with van der Waals surface area (Å²) in [7, 11) is 0. The van der Waals surface area contributed by atoms with Gasteiger partial charge in [-0.1, -0.05) is 0 Å². The van der Waals surface area contributed by atoms with Crippen LogP contribution in [0, 0.1) is 6.92 Å². The van der Waals surface area contributed by atoms with Gasteiger partial charge >= 0.3 is 13.4 Å². The van der Waals surface area contributed by atoms with Crippen molar-refractivity contribution in [3.8, 4) is 0 Å². The Morgan fingerprint density at radius 3 is 1.80 bits per heavy atom. The van der Waals surface area contributed by atoms with E-state index in [2.05, 4.69) is 29.9 Å². The van der Waals surface area contributed by atoms with E-state index in [9.17, 15) is 29.6 Å². The van der Waals surface area contributed by atoms with Gasteiger partial charge in [0.1, 0.15) is 42.4 Å². The standard InChI is InChI=1S/C21H25N9O12P2S2/c1-6-25-15-9(17(33)26-6)23-4-29(15)19-11(31)13-7(39-19)2-37-44(36,46)42-14-8(3-38-43(35,45)41-13)40-20(12(14)32)30-5-24-10-16(30)27-21(22)28-18(10)34/h4-5,7-8,11-14,19-20,31-32H,2-3H2,1H3,(H,35,45)(H,36,46)(H,25,26,33)(H3,22,27,28,34)/t7-,8-,11-,12-,13-,14-,19-,20-,43?,44?/m1/s1. The third-order valence-corrected chi connectivity index (χ3v) is 10.6. The van der Waals surface area contributed by atoms with Crippen LogP contribution in [0.2, 0.25) is 0 Å². The van der Waals surface area contributed by atoms with E-state index < -0.39 is 86.8 Å². The minimum absolute atomic E-state index is 0.0162. The number of hydrogen-bond donors (Lipinski definition) is 7. The number of nitrogens with one attached hydrogen (secondary N) is 2. The molecule has 4 aromatic rings. The fourth-order valence-corrected chi connectivity index (χ4v) is 8.37. The molecule has 4 aromatic heterocycles.